The Morgan fingerprint density at radius 3 is 2.40 bits per heavy atom. The summed E-state index contributed by atoms with van der Waals surface area (Å²) in [5.74, 6) is 0.133. The Morgan fingerprint density at radius 1 is 1.25 bits per heavy atom. The van der Waals surface area contributed by atoms with Gasteiger partial charge < -0.3 is 15.0 Å². The molecular formula is C15H26N2O3. The molecule has 0 aromatic heterocycles. The summed E-state index contributed by atoms with van der Waals surface area (Å²) < 4.78 is 5.06. The van der Waals surface area contributed by atoms with Crippen LogP contribution in [0.5, 0.6) is 0 Å². The normalized spacial score (nSPS) is 23.4. The number of ether oxygens (including phenoxy) is 1. The van der Waals surface area contributed by atoms with Crippen molar-refractivity contribution in [3.05, 3.63) is 0 Å². The molecule has 0 saturated carbocycles. The van der Waals surface area contributed by atoms with E-state index in [2.05, 4.69) is 12.2 Å². The summed E-state index contributed by atoms with van der Waals surface area (Å²) in [6.07, 6.45) is 3.28. The zero-order valence-corrected chi connectivity index (χ0v) is 12.6. The molecule has 0 aromatic carbocycles. The van der Waals surface area contributed by atoms with Gasteiger partial charge >= 0.3 is 5.97 Å². The largest absolute Gasteiger partial charge is 0.466 e. The second-order valence-corrected chi connectivity index (χ2v) is 6.13. The predicted molar refractivity (Wildman–Crippen MR) is 76.1 cm³/mol. The summed E-state index contributed by atoms with van der Waals surface area (Å²) in [6.45, 7) is 7.55. The fourth-order valence-electron chi connectivity index (χ4n) is 3.15. The molecule has 0 aliphatic carbocycles. The molecule has 1 N–H and O–H groups in total. The van der Waals surface area contributed by atoms with Crippen LogP contribution in [0.2, 0.25) is 0 Å². The van der Waals surface area contributed by atoms with E-state index in [4.69, 9.17) is 4.74 Å². The average Bonchev–Trinajstić information content (AvgIpc) is 2.48. The predicted octanol–water partition coefficient (Wildman–Crippen LogP) is 1.18. The molecule has 2 fully saturated rings. The number of likely N-dealkylation sites (tertiary alicyclic amines) is 1. The molecule has 0 bridgehead atoms. The second kappa shape index (κ2) is 6.57. The van der Waals surface area contributed by atoms with Crippen LogP contribution >= 0.6 is 0 Å². The Bertz CT molecular complexity index is 356. The minimum Gasteiger partial charge on any atom is -0.466 e. The highest BCUT2D eigenvalue weighted by atomic mass is 16.5. The first kappa shape index (κ1) is 15.3. The Balaban J connectivity index is 1.87. The average molecular weight is 282 g/mol. The van der Waals surface area contributed by atoms with E-state index in [0.29, 0.717) is 19.7 Å². The number of carbonyl (C=O) groups is 2. The molecule has 0 radical (unpaired) electrons. The van der Waals surface area contributed by atoms with Gasteiger partial charge in [-0.15, -0.1) is 0 Å². The van der Waals surface area contributed by atoms with E-state index in [-0.39, 0.29) is 23.2 Å². The van der Waals surface area contributed by atoms with Crippen molar-refractivity contribution in [2.75, 3.05) is 32.8 Å². The number of esters is 1. The van der Waals surface area contributed by atoms with Crippen LogP contribution in [-0.2, 0) is 14.3 Å². The molecule has 0 aromatic rings. The second-order valence-electron chi connectivity index (χ2n) is 6.13. The van der Waals surface area contributed by atoms with Crippen molar-refractivity contribution in [3.8, 4) is 0 Å². The maximum absolute atomic E-state index is 12.7. The van der Waals surface area contributed by atoms with Crippen molar-refractivity contribution in [2.24, 2.45) is 11.3 Å². The van der Waals surface area contributed by atoms with Gasteiger partial charge in [0.15, 0.2) is 0 Å². The summed E-state index contributed by atoms with van der Waals surface area (Å²) in [6, 6.07) is 0. The van der Waals surface area contributed by atoms with Gasteiger partial charge in [-0.25, -0.2) is 0 Å². The first-order valence-electron chi connectivity index (χ1n) is 7.73. The van der Waals surface area contributed by atoms with Crippen molar-refractivity contribution in [1.82, 2.24) is 10.2 Å². The van der Waals surface area contributed by atoms with E-state index in [1.54, 1.807) is 0 Å². The molecule has 0 atom stereocenters. The highest BCUT2D eigenvalue weighted by molar-refractivity contribution is 5.83. The molecule has 0 spiro atoms. The van der Waals surface area contributed by atoms with Crippen molar-refractivity contribution < 1.29 is 14.3 Å². The molecule has 2 aliphatic rings. The van der Waals surface area contributed by atoms with E-state index >= 15 is 0 Å². The smallest absolute Gasteiger partial charge is 0.309 e. The van der Waals surface area contributed by atoms with Crippen molar-refractivity contribution in [3.63, 3.8) is 0 Å². The third-order valence-corrected chi connectivity index (χ3v) is 4.63. The van der Waals surface area contributed by atoms with Gasteiger partial charge in [0, 0.05) is 18.5 Å². The Kier molecular flexibility index (Phi) is 5.02. The molecule has 20 heavy (non-hydrogen) atoms. The standard InChI is InChI=1S/C15H26N2O3/c1-3-20-13(18)12-4-10-17(11-5-12)14(19)15(2)6-8-16-9-7-15/h12,16H,3-11H2,1-2H3. The number of hydrogen-bond donors (Lipinski definition) is 1. The Morgan fingerprint density at radius 2 is 1.85 bits per heavy atom. The summed E-state index contributed by atoms with van der Waals surface area (Å²) in [5, 5.41) is 3.30. The van der Waals surface area contributed by atoms with Crippen LogP contribution in [-0.4, -0.2) is 49.6 Å². The van der Waals surface area contributed by atoms with Crippen LogP contribution in [0.25, 0.3) is 0 Å². The van der Waals surface area contributed by atoms with Gasteiger partial charge in [-0.05, 0) is 45.7 Å². The third-order valence-electron chi connectivity index (χ3n) is 4.63. The van der Waals surface area contributed by atoms with Gasteiger partial charge in [0.05, 0.1) is 12.5 Å². The van der Waals surface area contributed by atoms with Crippen LogP contribution in [0.15, 0.2) is 0 Å². The lowest BCUT2D eigenvalue weighted by Crippen LogP contribution is -2.50. The van der Waals surface area contributed by atoms with E-state index in [1.807, 2.05) is 11.8 Å². The van der Waals surface area contributed by atoms with Crippen LogP contribution in [0.3, 0.4) is 0 Å². The number of rotatable bonds is 3. The van der Waals surface area contributed by atoms with E-state index in [1.165, 1.54) is 0 Å². The fourth-order valence-corrected chi connectivity index (χ4v) is 3.15. The first-order chi connectivity index (χ1) is 9.57. The molecule has 2 aliphatic heterocycles. The van der Waals surface area contributed by atoms with Crippen LogP contribution in [0, 0.1) is 11.3 Å². The quantitative estimate of drug-likeness (QED) is 0.790. The van der Waals surface area contributed by atoms with Crippen molar-refractivity contribution in [1.29, 1.82) is 0 Å². The van der Waals surface area contributed by atoms with Gasteiger partial charge in [-0.2, -0.15) is 0 Å². The highest BCUT2D eigenvalue weighted by Crippen LogP contribution is 2.32. The summed E-state index contributed by atoms with van der Waals surface area (Å²) in [4.78, 5) is 26.3. The lowest BCUT2D eigenvalue weighted by atomic mass is 9.79. The molecule has 1 amide bonds. The molecule has 5 nitrogen and oxygen atoms in total. The number of carbonyl (C=O) groups excluding carboxylic acids is 2. The van der Waals surface area contributed by atoms with Gasteiger partial charge in [0.25, 0.3) is 0 Å². The molecule has 2 rings (SSSR count). The number of hydrogen-bond acceptors (Lipinski definition) is 4. The van der Waals surface area contributed by atoms with Crippen LogP contribution in [0.4, 0.5) is 0 Å². The molecular weight excluding hydrogens is 256 g/mol. The number of nitrogens with one attached hydrogen (secondary N) is 1. The summed E-state index contributed by atoms with van der Waals surface area (Å²) >= 11 is 0. The maximum atomic E-state index is 12.7. The summed E-state index contributed by atoms with van der Waals surface area (Å²) in [7, 11) is 0. The van der Waals surface area contributed by atoms with Gasteiger partial charge in [-0.3, -0.25) is 9.59 Å². The minimum atomic E-state index is -0.220. The third kappa shape index (κ3) is 3.32. The van der Waals surface area contributed by atoms with Gasteiger partial charge in [0.1, 0.15) is 0 Å². The van der Waals surface area contributed by atoms with Gasteiger partial charge in [0.2, 0.25) is 5.91 Å². The summed E-state index contributed by atoms with van der Waals surface area (Å²) in [5.41, 5.74) is -0.220. The fraction of sp³-hybridized carbons (Fsp3) is 0.867. The first-order valence-corrected chi connectivity index (χ1v) is 7.73. The number of nitrogens with zero attached hydrogens (tertiary/aromatic N) is 1. The molecule has 114 valence electrons. The van der Waals surface area contributed by atoms with E-state index in [0.717, 1.165) is 38.8 Å². The van der Waals surface area contributed by atoms with E-state index < -0.39 is 0 Å². The lowest BCUT2D eigenvalue weighted by Gasteiger charge is -2.40. The van der Waals surface area contributed by atoms with Crippen molar-refractivity contribution in [2.45, 2.75) is 39.5 Å². The van der Waals surface area contributed by atoms with E-state index in [9.17, 15) is 9.59 Å². The molecule has 2 saturated heterocycles. The Hall–Kier alpha value is -1.10. The Labute approximate surface area is 121 Å². The molecule has 0 unspecified atom stereocenters. The highest BCUT2D eigenvalue weighted by Gasteiger charge is 2.39. The SMILES string of the molecule is CCOC(=O)C1CCN(C(=O)C2(C)CCNCC2)CC1. The zero-order chi connectivity index (χ0) is 14.6. The monoisotopic (exact) mass is 282 g/mol. The van der Waals surface area contributed by atoms with Crippen LogP contribution < -0.4 is 5.32 Å². The number of amides is 1. The number of piperidine rings is 2. The lowest BCUT2D eigenvalue weighted by molar-refractivity contribution is -0.153. The topological polar surface area (TPSA) is 58.6 Å². The van der Waals surface area contributed by atoms with Crippen LogP contribution in [0.1, 0.15) is 39.5 Å². The maximum Gasteiger partial charge on any atom is 0.309 e. The van der Waals surface area contributed by atoms with Crippen molar-refractivity contribution >= 4 is 11.9 Å². The van der Waals surface area contributed by atoms with Gasteiger partial charge in [-0.1, -0.05) is 6.92 Å². The minimum absolute atomic E-state index is 0.0279. The molecule has 2 heterocycles. The zero-order valence-electron chi connectivity index (χ0n) is 12.6. The molecule has 5 heteroatoms.